The maximum atomic E-state index is 12.0. The fourth-order valence-electron chi connectivity index (χ4n) is 1.72. The summed E-state index contributed by atoms with van der Waals surface area (Å²) in [6.45, 7) is 0.523. The number of aromatic nitrogens is 1. The Bertz CT molecular complexity index is 764. The molecule has 0 amide bonds. The molecule has 2 aromatic rings. The molecule has 0 aliphatic rings. The Morgan fingerprint density at radius 1 is 1.27 bits per heavy atom. The van der Waals surface area contributed by atoms with Gasteiger partial charge in [0.25, 0.3) is 0 Å². The lowest BCUT2D eigenvalue weighted by molar-refractivity contribution is 0.520. The van der Waals surface area contributed by atoms with E-state index in [1.165, 1.54) is 18.4 Å². The Morgan fingerprint density at radius 3 is 2.45 bits per heavy atom. The van der Waals surface area contributed by atoms with E-state index in [1.807, 2.05) is 0 Å². The Kier molecular flexibility index (Phi) is 5.44. The number of hydrogen-bond donors (Lipinski definition) is 1. The van der Waals surface area contributed by atoms with Crippen LogP contribution in [0.4, 0.5) is 5.82 Å². The van der Waals surface area contributed by atoms with Gasteiger partial charge in [-0.2, -0.15) is 0 Å². The van der Waals surface area contributed by atoms with Crippen LogP contribution in [0.1, 0.15) is 5.56 Å². The highest BCUT2D eigenvalue weighted by Gasteiger charge is 2.16. The normalized spacial score (nSPS) is 11.7. The van der Waals surface area contributed by atoms with E-state index in [-0.39, 0.29) is 4.90 Å². The molecule has 1 heterocycles. The molecule has 8 heteroatoms. The van der Waals surface area contributed by atoms with Gasteiger partial charge < -0.3 is 5.32 Å². The van der Waals surface area contributed by atoms with Gasteiger partial charge in [0.2, 0.25) is 10.0 Å². The zero-order valence-electron chi connectivity index (χ0n) is 12.0. The number of halogens is 2. The molecule has 2 rings (SSSR count). The van der Waals surface area contributed by atoms with E-state index in [1.54, 1.807) is 36.5 Å². The van der Waals surface area contributed by atoms with E-state index >= 15 is 0 Å². The molecule has 1 aromatic carbocycles. The van der Waals surface area contributed by atoms with Gasteiger partial charge in [0.1, 0.15) is 5.82 Å². The van der Waals surface area contributed by atoms with Crippen molar-refractivity contribution in [2.45, 2.75) is 11.4 Å². The summed E-state index contributed by atoms with van der Waals surface area (Å²) in [6.07, 6.45) is 1.56. The van der Waals surface area contributed by atoms with Crippen molar-refractivity contribution in [3.63, 3.8) is 0 Å². The molecule has 118 valence electrons. The lowest BCUT2D eigenvalue weighted by atomic mass is 10.2. The van der Waals surface area contributed by atoms with Gasteiger partial charge in [-0.3, -0.25) is 0 Å². The molecule has 0 saturated carbocycles. The summed E-state index contributed by atoms with van der Waals surface area (Å²) in [6, 6.07) is 8.48. The van der Waals surface area contributed by atoms with Gasteiger partial charge in [0, 0.05) is 26.8 Å². The predicted molar refractivity (Wildman–Crippen MR) is 91.6 cm³/mol. The maximum Gasteiger partial charge on any atom is 0.242 e. The maximum absolute atomic E-state index is 12.0. The van der Waals surface area contributed by atoms with Crippen molar-refractivity contribution >= 4 is 43.4 Å². The van der Waals surface area contributed by atoms with Crippen LogP contribution in [0, 0.1) is 0 Å². The third-order valence-corrected chi connectivity index (χ3v) is 5.61. The first-order chi connectivity index (χ1) is 10.3. The van der Waals surface area contributed by atoms with Gasteiger partial charge in [0.05, 0.1) is 14.4 Å². The van der Waals surface area contributed by atoms with Crippen molar-refractivity contribution in [3.8, 4) is 0 Å². The molecular weight excluding hydrogens is 390 g/mol. The molecule has 0 atom stereocenters. The minimum absolute atomic E-state index is 0.270. The average Bonchev–Trinajstić information content (AvgIpc) is 2.46. The van der Waals surface area contributed by atoms with Gasteiger partial charge >= 0.3 is 0 Å². The fraction of sp³-hybridized carbons (Fsp3) is 0.214. The van der Waals surface area contributed by atoms with Crippen molar-refractivity contribution in [2.24, 2.45) is 0 Å². The van der Waals surface area contributed by atoms with Gasteiger partial charge in [-0.15, -0.1) is 0 Å². The molecule has 0 aliphatic heterocycles. The molecule has 1 N–H and O–H groups in total. The van der Waals surface area contributed by atoms with Crippen LogP contribution in [0.15, 0.2) is 45.9 Å². The van der Waals surface area contributed by atoms with Crippen LogP contribution >= 0.6 is 27.5 Å². The number of nitrogens with one attached hydrogen (secondary N) is 1. The summed E-state index contributed by atoms with van der Waals surface area (Å²) in [5.41, 5.74) is 0.946. The minimum atomic E-state index is -3.39. The number of benzene rings is 1. The summed E-state index contributed by atoms with van der Waals surface area (Å²) in [5.74, 6) is 0.675. The van der Waals surface area contributed by atoms with Gasteiger partial charge in [0.15, 0.2) is 0 Å². The Morgan fingerprint density at radius 2 is 1.91 bits per heavy atom. The Hall–Kier alpha value is -1.15. The molecule has 0 aliphatic carbocycles. The highest BCUT2D eigenvalue weighted by molar-refractivity contribution is 9.10. The van der Waals surface area contributed by atoms with Crippen molar-refractivity contribution in [1.82, 2.24) is 9.29 Å². The van der Waals surface area contributed by atoms with Crippen molar-refractivity contribution in [2.75, 3.05) is 19.4 Å². The second-order valence-corrected chi connectivity index (χ2v) is 8.21. The summed E-state index contributed by atoms with van der Waals surface area (Å²) in [7, 11) is -0.377. The van der Waals surface area contributed by atoms with Gasteiger partial charge in [-0.1, -0.05) is 23.7 Å². The first kappa shape index (κ1) is 17.2. The van der Waals surface area contributed by atoms with Crippen LogP contribution in [-0.2, 0) is 16.6 Å². The SMILES string of the molecule is CN(C)S(=O)(=O)c1ccc(CNc2ncc(Cl)cc2Br)cc1. The average molecular weight is 405 g/mol. The number of hydrogen-bond acceptors (Lipinski definition) is 4. The summed E-state index contributed by atoms with van der Waals surface area (Å²) in [5, 5.41) is 3.71. The van der Waals surface area contributed by atoms with Crippen LogP contribution in [-0.4, -0.2) is 31.8 Å². The zero-order chi connectivity index (χ0) is 16.3. The molecule has 1 aromatic heterocycles. The highest BCUT2D eigenvalue weighted by atomic mass is 79.9. The molecule has 0 spiro atoms. The summed E-state index contributed by atoms with van der Waals surface area (Å²) >= 11 is 9.22. The van der Waals surface area contributed by atoms with Crippen molar-refractivity contribution < 1.29 is 8.42 Å². The van der Waals surface area contributed by atoms with Crippen molar-refractivity contribution in [1.29, 1.82) is 0 Å². The molecule has 0 unspecified atom stereocenters. The predicted octanol–water partition coefficient (Wildman–Crippen LogP) is 3.36. The smallest absolute Gasteiger partial charge is 0.242 e. The largest absolute Gasteiger partial charge is 0.365 e. The molecule has 5 nitrogen and oxygen atoms in total. The van der Waals surface area contributed by atoms with Crippen LogP contribution in [0.5, 0.6) is 0 Å². The minimum Gasteiger partial charge on any atom is -0.365 e. The second kappa shape index (κ2) is 6.95. The van der Waals surface area contributed by atoms with E-state index in [2.05, 4.69) is 26.2 Å². The van der Waals surface area contributed by atoms with Gasteiger partial charge in [-0.25, -0.2) is 17.7 Å². The summed E-state index contributed by atoms with van der Waals surface area (Å²) < 4.78 is 25.9. The van der Waals surface area contributed by atoms with Crippen LogP contribution in [0.2, 0.25) is 5.02 Å². The van der Waals surface area contributed by atoms with Crippen molar-refractivity contribution in [3.05, 3.63) is 51.6 Å². The highest BCUT2D eigenvalue weighted by Crippen LogP contribution is 2.23. The third-order valence-electron chi connectivity index (χ3n) is 2.97. The van der Waals surface area contributed by atoms with E-state index < -0.39 is 10.0 Å². The number of anilines is 1. The molecule has 0 radical (unpaired) electrons. The van der Waals surface area contributed by atoms with Crippen LogP contribution in [0.25, 0.3) is 0 Å². The topological polar surface area (TPSA) is 62.3 Å². The molecule has 0 bridgehead atoms. The molecule has 0 saturated heterocycles. The van der Waals surface area contributed by atoms with E-state index in [4.69, 9.17) is 11.6 Å². The number of nitrogens with zero attached hydrogens (tertiary/aromatic N) is 2. The van der Waals surface area contributed by atoms with Crippen LogP contribution in [0.3, 0.4) is 0 Å². The standard InChI is InChI=1S/C14H15BrClN3O2S/c1-19(2)22(20,21)12-5-3-10(4-6-12)8-17-14-13(15)7-11(16)9-18-14/h3-7,9H,8H2,1-2H3,(H,17,18). The lowest BCUT2D eigenvalue weighted by Crippen LogP contribution is -2.22. The molecule has 22 heavy (non-hydrogen) atoms. The quantitative estimate of drug-likeness (QED) is 0.830. The second-order valence-electron chi connectivity index (χ2n) is 4.77. The monoisotopic (exact) mass is 403 g/mol. The van der Waals surface area contributed by atoms with Gasteiger partial charge in [-0.05, 0) is 39.7 Å². The third kappa shape index (κ3) is 3.98. The van der Waals surface area contributed by atoms with E-state index in [9.17, 15) is 8.42 Å². The Labute approximate surface area is 143 Å². The Balaban J connectivity index is 2.09. The number of pyridine rings is 1. The van der Waals surface area contributed by atoms with E-state index in [0.717, 1.165) is 10.0 Å². The molecule has 0 fully saturated rings. The number of rotatable bonds is 5. The first-order valence-corrected chi connectivity index (χ1v) is 8.98. The fourth-order valence-corrected chi connectivity index (χ4v) is 3.40. The van der Waals surface area contributed by atoms with E-state index in [0.29, 0.717) is 17.4 Å². The lowest BCUT2D eigenvalue weighted by Gasteiger charge is -2.12. The van der Waals surface area contributed by atoms with Crippen LogP contribution < -0.4 is 5.32 Å². The summed E-state index contributed by atoms with van der Waals surface area (Å²) in [4.78, 5) is 4.45. The molecular formula is C14H15BrClN3O2S. The zero-order valence-corrected chi connectivity index (χ0v) is 15.2. The first-order valence-electron chi connectivity index (χ1n) is 6.37. The number of sulfonamides is 1.